The van der Waals surface area contributed by atoms with E-state index in [1.807, 2.05) is 0 Å². The van der Waals surface area contributed by atoms with Crippen molar-refractivity contribution < 1.29 is 59.4 Å². The number of benzene rings is 2. The van der Waals surface area contributed by atoms with Crippen LogP contribution in [0.5, 0.6) is 11.5 Å². The van der Waals surface area contributed by atoms with Crippen LogP contribution in [0.4, 0.5) is 9.59 Å². The molecule has 0 spiro atoms. The van der Waals surface area contributed by atoms with Crippen molar-refractivity contribution in [3.05, 3.63) is 57.6 Å². The predicted molar refractivity (Wildman–Crippen MR) is 193 cm³/mol. The molecule has 18 heteroatoms. The van der Waals surface area contributed by atoms with Gasteiger partial charge in [0.1, 0.15) is 28.9 Å². The van der Waals surface area contributed by atoms with E-state index >= 15 is 0 Å². The third-order valence-electron chi connectivity index (χ3n) is 9.33. The number of hydrazine groups is 1. The second-order valence-electron chi connectivity index (χ2n) is 14.1. The number of aldehydes is 1. The summed E-state index contributed by atoms with van der Waals surface area (Å²) in [6.45, 7) is 5.37. The summed E-state index contributed by atoms with van der Waals surface area (Å²) in [6, 6.07) is 2.23. The second kappa shape index (κ2) is 17.9. The van der Waals surface area contributed by atoms with Gasteiger partial charge in [0.2, 0.25) is 0 Å². The molecule has 0 aliphatic heterocycles. The number of ketones is 2. The summed E-state index contributed by atoms with van der Waals surface area (Å²) < 4.78 is 0. The molecule has 2 aromatic carbocycles. The number of nitrogens with two attached hydrogens (primary N) is 2. The van der Waals surface area contributed by atoms with Gasteiger partial charge in [0.25, 0.3) is 5.91 Å². The number of carbonyl (C=O) groups is 6. The smallest absolute Gasteiger partial charge is 0.419 e. The van der Waals surface area contributed by atoms with Gasteiger partial charge < -0.3 is 46.9 Å². The maximum atomic E-state index is 14.9. The van der Waals surface area contributed by atoms with E-state index in [1.165, 1.54) is 12.1 Å². The number of nitrogens with one attached hydrogen (secondary N) is 3. The Morgan fingerprint density at radius 3 is 1.72 bits per heavy atom. The van der Waals surface area contributed by atoms with Gasteiger partial charge in [0.15, 0.2) is 11.6 Å². The summed E-state index contributed by atoms with van der Waals surface area (Å²) in [4.78, 5) is 82.4. The molecule has 0 aromatic heterocycles. The highest BCUT2D eigenvalue weighted by molar-refractivity contribution is 6.31. The second-order valence-corrected chi connectivity index (χ2v) is 14.1. The number of fused-ring (bicyclic) bond motifs is 2. The lowest BCUT2D eigenvalue weighted by Crippen LogP contribution is -2.67. The van der Waals surface area contributed by atoms with Gasteiger partial charge in [-0.1, -0.05) is 39.8 Å². The fraction of sp³-hybridized carbons (Fsp3) is 0.500. The SMILES string of the molecule is CC(C)C[C@](C=O)(NC(CO)CCN)c1ccc([C@@](CC(C)C)(C(=O)NC(=O)O)N(NC(=O)O)C(CO)CCN)c2c1C(=O)c1c(O)ccc(O)c1C2=O. The maximum absolute atomic E-state index is 14.9. The number of aliphatic hydroxyl groups excluding tert-OH is 2. The summed E-state index contributed by atoms with van der Waals surface area (Å²) in [5.41, 5.74) is 6.26. The van der Waals surface area contributed by atoms with E-state index in [1.54, 1.807) is 33.0 Å². The van der Waals surface area contributed by atoms with E-state index in [2.05, 4.69) is 10.7 Å². The predicted octanol–water partition coefficient (Wildman–Crippen LogP) is 0.843. The number of rotatable bonds is 19. The van der Waals surface area contributed by atoms with Crippen LogP contribution in [0.3, 0.4) is 0 Å². The molecule has 0 fully saturated rings. The average molecular weight is 759 g/mol. The van der Waals surface area contributed by atoms with Crippen LogP contribution in [0.2, 0.25) is 0 Å². The number of carboxylic acid groups (broad SMARTS) is 2. The molecule has 54 heavy (non-hydrogen) atoms. The summed E-state index contributed by atoms with van der Waals surface area (Å²) in [5, 5.41) is 68.3. The molecule has 0 radical (unpaired) electrons. The highest BCUT2D eigenvalue weighted by Crippen LogP contribution is 2.47. The maximum Gasteiger partial charge on any atom is 0.419 e. The molecule has 18 nitrogen and oxygen atoms in total. The molecule has 0 bridgehead atoms. The van der Waals surface area contributed by atoms with E-state index in [9.17, 15) is 59.4 Å². The first-order chi connectivity index (χ1) is 25.4. The first kappa shape index (κ1) is 43.4. The van der Waals surface area contributed by atoms with E-state index in [4.69, 9.17) is 11.5 Å². The van der Waals surface area contributed by atoms with Crippen molar-refractivity contribution in [3.8, 4) is 11.5 Å². The van der Waals surface area contributed by atoms with Crippen LogP contribution in [0.25, 0.3) is 0 Å². The molecule has 0 heterocycles. The van der Waals surface area contributed by atoms with Crippen LogP contribution in [-0.4, -0.2) is 110 Å². The Kier molecular flexibility index (Phi) is 14.4. The lowest BCUT2D eigenvalue weighted by molar-refractivity contribution is -0.142. The van der Waals surface area contributed by atoms with Crippen molar-refractivity contribution in [1.82, 2.24) is 21.1 Å². The van der Waals surface area contributed by atoms with Crippen LogP contribution in [0, 0.1) is 11.8 Å². The zero-order valence-corrected chi connectivity index (χ0v) is 30.6. The van der Waals surface area contributed by atoms with Crippen LogP contribution in [0.1, 0.15) is 96.3 Å². The molecule has 0 saturated carbocycles. The van der Waals surface area contributed by atoms with E-state index < -0.39 is 118 Å². The Bertz CT molecular complexity index is 1770. The zero-order valence-electron chi connectivity index (χ0n) is 30.6. The summed E-state index contributed by atoms with van der Waals surface area (Å²) in [5.74, 6) is -5.94. The van der Waals surface area contributed by atoms with Crippen LogP contribution in [0.15, 0.2) is 24.3 Å². The third-order valence-corrected chi connectivity index (χ3v) is 9.33. The van der Waals surface area contributed by atoms with Crippen LogP contribution >= 0.6 is 0 Å². The molecule has 1 aliphatic carbocycles. The minimum absolute atomic E-state index is 0.0316. The van der Waals surface area contributed by atoms with Gasteiger partial charge in [-0.25, -0.2) is 9.59 Å². The van der Waals surface area contributed by atoms with E-state index in [-0.39, 0.29) is 43.8 Å². The molecule has 296 valence electrons. The normalized spacial score (nSPS) is 15.9. The fourth-order valence-electron chi connectivity index (χ4n) is 7.44. The summed E-state index contributed by atoms with van der Waals surface area (Å²) in [6.07, 6.45) is -3.60. The molecular formula is C36H50N6O12. The van der Waals surface area contributed by atoms with Crippen molar-refractivity contribution in [2.75, 3.05) is 26.3 Å². The van der Waals surface area contributed by atoms with Gasteiger partial charge in [-0.2, -0.15) is 5.01 Å². The summed E-state index contributed by atoms with van der Waals surface area (Å²) >= 11 is 0. The van der Waals surface area contributed by atoms with Gasteiger partial charge in [-0.3, -0.25) is 30.4 Å². The monoisotopic (exact) mass is 758 g/mol. The number of aliphatic hydroxyl groups is 2. The van der Waals surface area contributed by atoms with Crippen LogP contribution in [-0.2, 0) is 20.7 Å². The van der Waals surface area contributed by atoms with Gasteiger partial charge in [0, 0.05) is 17.2 Å². The number of phenols is 2. The van der Waals surface area contributed by atoms with Gasteiger partial charge in [0.05, 0.1) is 30.4 Å². The largest absolute Gasteiger partial charge is 0.507 e. The minimum Gasteiger partial charge on any atom is -0.507 e. The molecule has 2 unspecified atom stereocenters. The Hall–Kier alpha value is -4.98. The van der Waals surface area contributed by atoms with E-state index in [0.29, 0.717) is 6.29 Å². The van der Waals surface area contributed by atoms with Gasteiger partial charge >= 0.3 is 12.2 Å². The molecule has 4 atom stereocenters. The number of phenolic OH excluding ortho intramolecular Hbond substituents is 2. The van der Waals surface area contributed by atoms with Crippen molar-refractivity contribution >= 4 is 35.9 Å². The number of nitrogens with zero attached hydrogens (tertiary/aromatic N) is 1. The van der Waals surface area contributed by atoms with Crippen molar-refractivity contribution in [1.29, 1.82) is 0 Å². The molecule has 0 saturated heterocycles. The quantitative estimate of drug-likeness (QED) is 0.0458. The highest BCUT2D eigenvalue weighted by atomic mass is 16.4. The Labute approximate surface area is 311 Å². The van der Waals surface area contributed by atoms with Gasteiger partial charge in [-0.15, -0.1) is 0 Å². The molecule has 2 aromatic rings. The lowest BCUT2D eigenvalue weighted by atomic mass is 9.68. The van der Waals surface area contributed by atoms with Crippen LogP contribution < -0.4 is 27.5 Å². The summed E-state index contributed by atoms with van der Waals surface area (Å²) in [7, 11) is 0. The molecular weight excluding hydrogens is 708 g/mol. The number of imide groups is 1. The topological polar surface area (TPSA) is 315 Å². The van der Waals surface area contributed by atoms with Crippen molar-refractivity contribution in [3.63, 3.8) is 0 Å². The number of hydrogen-bond acceptors (Lipinski definition) is 14. The molecule has 13 N–H and O–H groups in total. The number of hydrogen-bond donors (Lipinski definition) is 11. The number of carbonyl (C=O) groups excluding carboxylic acids is 4. The van der Waals surface area contributed by atoms with Gasteiger partial charge in [-0.05, 0) is 73.9 Å². The number of aromatic hydroxyl groups is 2. The van der Waals surface area contributed by atoms with E-state index in [0.717, 1.165) is 17.1 Å². The first-order valence-electron chi connectivity index (χ1n) is 17.4. The Balaban J connectivity index is 2.77. The first-order valence-corrected chi connectivity index (χ1v) is 17.4. The molecule has 3 rings (SSSR count). The average Bonchev–Trinajstić information content (AvgIpc) is 3.10. The Morgan fingerprint density at radius 2 is 1.30 bits per heavy atom. The molecule has 3 amide bonds. The molecule has 1 aliphatic rings. The Morgan fingerprint density at radius 1 is 0.778 bits per heavy atom. The third kappa shape index (κ3) is 8.38. The lowest BCUT2D eigenvalue weighted by Gasteiger charge is -2.47. The minimum atomic E-state index is -2.57. The fourth-order valence-corrected chi connectivity index (χ4v) is 7.44. The van der Waals surface area contributed by atoms with Crippen molar-refractivity contribution in [2.45, 2.75) is 76.5 Å². The highest BCUT2D eigenvalue weighted by Gasteiger charge is 2.55. The zero-order chi connectivity index (χ0) is 40.7. The standard InChI is InChI=1S/C36H50N6O12/c1-18(2)13-35(17-45,40-20(15-43)9-11-37)22-5-6-23(27-26(22)30(48)28-24(46)7-8-25(47)29(28)31(27)49)36(14-19(3)4,32(50)39-33(51)52)42(41-34(53)54)21(16-44)10-12-38/h5-8,17-21,40-41,43-44,46-47H,9-16,37-38H2,1-4H3,(H,39,50)(H,51,52)(H,53,54)/t20?,21?,35-,36+/m1/s1. The van der Waals surface area contributed by atoms with Crippen molar-refractivity contribution in [2.24, 2.45) is 23.3 Å². The number of amides is 3.